The third-order valence-corrected chi connectivity index (χ3v) is 3.66. The van der Waals surface area contributed by atoms with Crippen LogP contribution in [-0.2, 0) is 27.2 Å². The van der Waals surface area contributed by atoms with E-state index < -0.39 is 42.7 Å². The van der Waals surface area contributed by atoms with E-state index in [1.165, 1.54) is 25.3 Å². The van der Waals surface area contributed by atoms with Crippen LogP contribution in [0.2, 0.25) is 0 Å². The van der Waals surface area contributed by atoms with Crippen molar-refractivity contribution in [1.82, 2.24) is 5.32 Å². The quantitative estimate of drug-likeness (QED) is 0.541. The number of rotatable bonds is 10. The highest BCUT2D eigenvalue weighted by Gasteiger charge is 2.42. The Hall–Kier alpha value is -2.56. The van der Waals surface area contributed by atoms with Crippen LogP contribution in [0.25, 0.3) is 0 Å². The Balaban J connectivity index is 2.89. The van der Waals surface area contributed by atoms with Crippen LogP contribution in [0, 0.1) is 0 Å². The van der Waals surface area contributed by atoms with Crippen LogP contribution >= 0.6 is 0 Å². The van der Waals surface area contributed by atoms with Gasteiger partial charge in [-0.25, -0.2) is 18.4 Å². The highest BCUT2D eigenvalue weighted by atomic mass is 19.3. The molecule has 0 aliphatic heterocycles. The Morgan fingerprint density at radius 3 is 2.33 bits per heavy atom. The van der Waals surface area contributed by atoms with Gasteiger partial charge >= 0.3 is 24.4 Å². The van der Waals surface area contributed by atoms with Gasteiger partial charge in [0.25, 0.3) is 0 Å². The fraction of sp³-hybridized carbons (Fsp3) is 0.579. The number of hydrogen-bond donors (Lipinski definition) is 2. The van der Waals surface area contributed by atoms with Crippen molar-refractivity contribution in [3.8, 4) is 5.75 Å². The number of benzene rings is 1. The lowest BCUT2D eigenvalue weighted by atomic mass is 10.0. The van der Waals surface area contributed by atoms with Gasteiger partial charge in [0, 0.05) is 18.5 Å². The standard InChI is InChI=1S/C19H25F4NO6/c1-18(2,3)30-17(27)24-9-12-7-11(5-6-13(12)28-4)8-14(15(25)26)29-10-19(22,23)16(20)21/h5-7,14,16H,8-10H2,1-4H3,(H,24,27)(H,25,26). The monoisotopic (exact) mass is 439 g/mol. The van der Waals surface area contributed by atoms with Crippen molar-refractivity contribution in [2.75, 3.05) is 13.7 Å². The molecule has 0 saturated heterocycles. The number of nitrogens with one attached hydrogen (secondary N) is 1. The van der Waals surface area contributed by atoms with Crippen molar-refractivity contribution in [3.63, 3.8) is 0 Å². The first-order chi connectivity index (χ1) is 13.7. The molecule has 0 saturated carbocycles. The number of halogens is 4. The van der Waals surface area contributed by atoms with Crippen molar-refractivity contribution in [1.29, 1.82) is 0 Å². The van der Waals surface area contributed by atoms with Crippen LogP contribution in [0.5, 0.6) is 5.75 Å². The Bertz CT molecular complexity index is 736. The fourth-order valence-electron chi connectivity index (χ4n) is 2.28. The Kier molecular flexibility index (Phi) is 8.89. The first kappa shape index (κ1) is 25.5. The number of ether oxygens (including phenoxy) is 3. The second kappa shape index (κ2) is 10.5. The average Bonchev–Trinajstić information content (AvgIpc) is 2.61. The highest BCUT2D eigenvalue weighted by molar-refractivity contribution is 5.72. The number of carbonyl (C=O) groups is 2. The van der Waals surface area contributed by atoms with Gasteiger partial charge in [-0.3, -0.25) is 0 Å². The van der Waals surface area contributed by atoms with E-state index in [-0.39, 0.29) is 13.0 Å². The van der Waals surface area contributed by atoms with Crippen LogP contribution in [0.15, 0.2) is 18.2 Å². The molecule has 2 N–H and O–H groups in total. The summed E-state index contributed by atoms with van der Waals surface area (Å²) < 4.78 is 65.4. The molecule has 1 amide bonds. The normalized spacial score (nSPS) is 13.1. The zero-order valence-electron chi connectivity index (χ0n) is 17.0. The number of carbonyl (C=O) groups excluding carboxylic acids is 1. The number of amides is 1. The lowest BCUT2D eigenvalue weighted by Gasteiger charge is -2.21. The maximum Gasteiger partial charge on any atom is 0.407 e. The lowest BCUT2D eigenvalue weighted by Crippen LogP contribution is -2.37. The number of carboxylic acid groups (broad SMARTS) is 1. The summed E-state index contributed by atoms with van der Waals surface area (Å²) in [6.45, 7) is 3.32. The summed E-state index contributed by atoms with van der Waals surface area (Å²) in [6, 6.07) is 4.45. The zero-order chi connectivity index (χ0) is 23.1. The lowest BCUT2D eigenvalue weighted by molar-refractivity contribution is -0.185. The molecule has 0 aliphatic rings. The van der Waals surface area contributed by atoms with Crippen LogP contribution in [0.4, 0.5) is 22.4 Å². The Morgan fingerprint density at radius 1 is 1.20 bits per heavy atom. The molecular weight excluding hydrogens is 414 g/mol. The van der Waals surface area contributed by atoms with Gasteiger partial charge in [0.15, 0.2) is 6.10 Å². The summed E-state index contributed by atoms with van der Waals surface area (Å²) in [5.74, 6) is -5.66. The highest BCUT2D eigenvalue weighted by Crippen LogP contribution is 2.25. The topological polar surface area (TPSA) is 94.1 Å². The minimum Gasteiger partial charge on any atom is -0.496 e. The number of aliphatic carboxylic acids is 1. The third-order valence-electron chi connectivity index (χ3n) is 3.66. The molecule has 30 heavy (non-hydrogen) atoms. The van der Waals surface area contributed by atoms with E-state index in [1.54, 1.807) is 20.8 Å². The van der Waals surface area contributed by atoms with E-state index in [1.807, 2.05) is 0 Å². The summed E-state index contributed by atoms with van der Waals surface area (Å²) in [5.41, 5.74) is 0.106. The van der Waals surface area contributed by atoms with Crippen LogP contribution in [0.1, 0.15) is 31.9 Å². The van der Waals surface area contributed by atoms with E-state index >= 15 is 0 Å². The molecule has 7 nitrogen and oxygen atoms in total. The Labute approximate surface area is 171 Å². The largest absolute Gasteiger partial charge is 0.496 e. The van der Waals surface area contributed by atoms with Gasteiger partial charge in [0.2, 0.25) is 0 Å². The molecular formula is C19H25F4NO6. The van der Waals surface area contributed by atoms with Gasteiger partial charge in [0.1, 0.15) is 18.0 Å². The van der Waals surface area contributed by atoms with Gasteiger partial charge in [-0.05, 0) is 32.4 Å². The minimum absolute atomic E-state index is 0.0199. The van der Waals surface area contributed by atoms with Gasteiger partial charge in [-0.15, -0.1) is 0 Å². The predicted octanol–water partition coefficient (Wildman–Crippen LogP) is 3.63. The van der Waals surface area contributed by atoms with Crippen LogP contribution in [0.3, 0.4) is 0 Å². The second-order valence-corrected chi connectivity index (χ2v) is 7.41. The molecule has 0 fully saturated rings. The summed E-state index contributed by atoms with van der Waals surface area (Å²) in [4.78, 5) is 23.1. The van der Waals surface area contributed by atoms with Gasteiger partial charge in [-0.2, -0.15) is 8.78 Å². The molecule has 0 radical (unpaired) electrons. The van der Waals surface area contributed by atoms with Crippen molar-refractivity contribution in [2.45, 2.75) is 57.8 Å². The first-order valence-electron chi connectivity index (χ1n) is 8.88. The zero-order valence-corrected chi connectivity index (χ0v) is 17.0. The average molecular weight is 439 g/mol. The van der Waals surface area contributed by atoms with Crippen LogP contribution in [-0.4, -0.2) is 54.9 Å². The van der Waals surface area contributed by atoms with Gasteiger partial charge < -0.3 is 24.6 Å². The second-order valence-electron chi connectivity index (χ2n) is 7.41. The molecule has 0 aromatic heterocycles. The molecule has 170 valence electrons. The van der Waals surface area contributed by atoms with E-state index in [0.717, 1.165) is 0 Å². The summed E-state index contributed by atoms with van der Waals surface area (Å²) in [6.07, 6.45) is -6.79. The molecule has 0 bridgehead atoms. The first-order valence-corrected chi connectivity index (χ1v) is 8.88. The molecule has 1 unspecified atom stereocenters. The fourth-order valence-corrected chi connectivity index (χ4v) is 2.28. The number of carboxylic acids is 1. The Morgan fingerprint density at radius 2 is 1.83 bits per heavy atom. The van der Waals surface area contributed by atoms with Crippen LogP contribution < -0.4 is 10.1 Å². The van der Waals surface area contributed by atoms with Crippen molar-refractivity contribution in [2.24, 2.45) is 0 Å². The smallest absolute Gasteiger partial charge is 0.407 e. The molecule has 0 aliphatic carbocycles. The molecule has 1 aromatic carbocycles. The number of hydrogen-bond acceptors (Lipinski definition) is 5. The van der Waals surface area contributed by atoms with E-state index in [4.69, 9.17) is 14.6 Å². The van der Waals surface area contributed by atoms with Gasteiger partial charge in [0.05, 0.1) is 7.11 Å². The molecule has 0 spiro atoms. The minimum atomic E-state index is -4.46. The maximum absolute atomic E-state index is 13.0. The molecule has 1 atom stereocenters. The van der Waals surface area contributed by atoms with Crippen molar-refractivity contribution >= 4 is 12.1 Å². The number of methoxy groups -OCH3 is 1. The SMILES string of the molecule is COc1ccc(CC(OCC(F)(F)C(F)F)C(=O)O)cc1CNC(=O)OC(C)(C)C. The van der Waals surface area contributed by atoms with E-state index in [0.29, 0.717) is 16.9 Å². The number of alkyl carbamates (subject to hydrolysis) is 1. The van der Waals surface area contributed by atoms with Crippen molar-refractivity contribution in [3.05, 3.63) is 29.3 Å². The molecule has 11 heteroatoms. The van der Waals surface area contributed by atoms with Gasteiger partial charge in [-0.1, -0.05) is 12.1 Å². The predicted molar refractivity (Wildman–Crippen MR) is 98.1 cm³/mol. The molecule has 1 aromatic rings. The molecule has 1 rings (SSSR count). The summed E-state index contributed by atoms with van der Waals surface area (Å²) >= 11 is 0. The molecule has 0 heterocycles. The van der Waals surface area contributed by atoms with Crippen molar-refractivity contribution < 1.29 is 46.5 Å². The maximum atomic E-state index is 13.0. The summed E-state index contributed by atoms with van der Waals surface area (Å²) in [5, 5.41) is 11.7. The summed E-state index contributed by atoms with van der Waals surface area (Å²) in [7, 11) is 1.39. The van der Waals surface area contributed by atoms with E-state index in [2.05, 4.69) is 10.1 Å². The van der Waals surface area contributed by atoms with E-state index in [9.17, 15) is 27.2 Å². The number of alkyl halides is 4. The third kappa shape index (κ3) is 8.44.